The van der Waals surface area contributed by atoms with Gasteiger partial charge in [0.05, 0.1) is 0 Å². The number of carbonyl (C=O) groups excluding carboxylic acids is 1. The number of rotatable bonds is 5. The highest BCUT2D eigenvalue weighted by atomic mass is 16.5. The van der Waals surface area contributed by atoms with Crippen LogP contribution in [0.5, 0.6) is 5.75 Å². The maximum absolute atomic E-state index is 11.4. The van der Waals surface area contributed by atoms with Gasteiger partial charge in [0.2, 0.25) is 0 Å². The highest BCUT2D eigenvalue weighted by Crippen LogP contribution is 2.10. The van der Waals surface area contributed by atoms with Crippen molar-refractivity contribution in [2.75, 3.05) is 6.54 Å². The monoisotopic (exact) mass is 223 g/mol. The summed E-state index contributed by atoms with van der Waals surface area (Å²) in [5.74, 6) is -0.966. The first-order valence-corrected chi connectivity index (χ1v) is 4.81. The molecule has 1 aromatic rings. The van der Waals surface area contributed by atoms with E-state index in [4.69, 9.17) is 9.84 Å². The van der Waals surface area contributed by atoms with Crippen LogP contribution < -0.4 is 10.1 Å². The maximum Gasteiger partial charge on any atom is 0.322 e. The van der Waals surface area contributed by atoms with Crippen LogP contribution in [0.25, 0.3) is 0 Å². The smallest absolute Gasteiger partial charge is 0.322 e. The van der Waals surface area contributed by atoms with Crippen molar-refractivity contribution >= 4 is 11.9 Å². The third kappa shape index (κ3) is 4.00. The van der Waals surface area contributed by atoms with E-state index in [0.29, 0.717) is 5.75 Å². The molecule has 1 aromatic carbocycles. The molecule has 0 aliphatic carbocycles. The van der Waals surface area contributed by atoms with E-state index in [1.165, 1.54) is 0 Å². The molecule has 0 unspecified atom stereocenters. The lowest BCUT2D eigenvalue weighted by Crippen LogP contribution is -2.38. The molecule has 0 radical (unpaired) electrons. The third-order valence-corrected chi connectivity index (χ3v) is 1.84. The normalized spacial score (nSPS) is 11.6. The molecule has 0 saturated carbocycles. The first kappa shape index (κ1) is 12.0. The van der Waals surface area contributed by atoms with E-state index in [2.05, 4.69) is 5.32 Å². The van der Waals surface area contributed by atoms with Gasteiger partial charge < -0.3 is 15.2 Å². The Morgan fingerprint density at radius 2 is 2.00 bits per heavy atom. The fourth-order valence-corrected chi connectivity index (χ4v) is 1.06. The number of aliphatic carboxylic acids is 1. The molecule has 5 heteroatoms. The topological polar surface area (TPSA) is 75.6 Å². The molecule has 1 atom stereocenters. The molecule has 5 nitrogen and oxygen atoms in total. The first-order chi connectivity index (χ1) is 7.59. The van der Waals surface area contributed by atoms with Crippen LogP contribution >= 0.6 is 0 Å². The summed E-state index contributed by atoms with van der Waals surface area (Å²) in [4.78, 5) is 21.6. The fourth-order valence-electron chi connectivity index (χ4n) is 1.06. The molecular weight excluding hydrogens is 210 g/mol. The average molecular weight is 223 g/mol. The number of amides is 1. The van der Waals surface area contributed by atoms with Gasteiger partial charge in [-0.25, -0.2) is 0 Å². The second-order valence-electron chi connectivity index (χ2n) is 3.18. The van der Waals surface area contributed by atoms with Crippen LogP contribution in [0.15, 0.2) is 30.3 Å². The lowest BCUT2D eigenvalue weighted by Gasteiger charge is -2.13. The van der Waals surface area contributed by atoms with E-state index >= 15 is 0 Å². The maximum atomic E-state index is 11.4. The largest absolute Gasteiger partial charge is 0.481 e. The fraction of sp³-hybridized carbons (Fsp3) is 0.273. The van der Waals surface area contributed by atoms with Crippen molar-refractivity contribution in [1.82, 2.24) is 5.32 Å². The van der Waals surface area contributed by atoms with Crippen molar-refractivity contribution in [2.24, 2.45) is 0 Å². The van der Waals surface area contributed by atoms with E-state index in [-0.39, 0.29) is 0 Å². The van der Waals surface area contributed by atoms with E-state index in [1.807, 2.05) is 6.07 Å². The molecule has 0 fully saturated rings. The van der Waals surface area contributed by atoms with Crippen LogP contribution in [0.1, 0.15) is 6.92 Å². The Morgan fingerprint density at radius 1 is 1.38 bits per heavy atom. The number of para-hydroxylation sites is 1. The Hall–Kier alpha value is -2.04. The Labute approximate surface area is 93.0 Å². The summed E-state index contributed by atoms with van der Waals surface area (Å²) in [5.41, 5.74) is 0. The molecule has 0 bridgehead atoms. The van der Waals surface area contributed by atoms with Gasteiger partial charge in [0, 0.05) is 0 Å². The van der Waals surface area contributed by atoms with Crippen LogP contribution in [0.2, 0.25) is 0 Å². The van der Waals surface area contributed by atoms with E-state index < -0.39 is 24.5 Å². The molecule has 0 heterocycles. The van der Waals surface area contributed by atoms with Crippen LogP contribution in [-0.4, -0.2) is 29.6 Å². The van der Waals surface area contributed by atoms with Crippen LogP contribution in [0, 0.1) is 0 Å². The number of hydrogen-bond donors (Lipinski definition) is 2. The van der Waals surface area contributed by atoms with Gasteiger partial charge in [0.25, 0.3) is 5.91 Å². The molecular formula is C11H13NO4. The van der Waals surface area contributed by atoms with Gasteiger partial charge in [0.15, 0.2) is 6.10 Å². The lowest BCUT2D eigenvalue weighted by molar-refractivity contribution is -0.139. The Kier molecular flexibility index (Phi) is 4.32. The molecule has 0 spiro atoms. The van der Waals surface area contributed by atoms with E-state index in [1.54, 1.807) is 31.2 Å². The zero-order chi connectivity index (χ0) is 12.0. The molecule has 86 valence electrons. The van der Waals surface area contributed by atoms with Gasteiger partial charge in [-0.1, -0.05) is 18.2 Å². The minimum atomic E-state index is -1.08. The number of carboxylic acid groups (broad SMARTS) is 1. The summed E-state index contributed by atoms with van der Waals surface area (Å²) < 4.78 is 5.30. The number of nitrogens with one attached hydrogen (secondary N) is 1. The zero-order valence-corrected chi connectivity index (χ0v) is 8.84. The molecule has 0 aliphatic heterocycles. The average Bonchev–Trinajstić information content (AvgIpc) is 2.27. The number of carboxylic acids is 1. The van der Waals surface area contributed by atoms with Crippen molar-refractivity contribution in [3.05, 3.63) is 30.3 Å². The summed E-state index contributed by atoms with van der Waals surface area (Å²) in [6.45, 7) is 1.16. The summed E-state index contributed by atoms with van der Waals surface area (Å²) in [6, 6.07) is 8.86. The summed E-state index contributed by atoms with van der Waals surface area (Å²) in [5, 5.41) is 10.6. The van der Waals surface area contributed by atoms with Crippen LogP contribution in [-0.2, 0) is 9.59 Å². The molecule has 1 rings (SSSR count). The predicted octanol–water partition coefficient (Wildman–Crippen LogP) is 0.655. The van der Waals surface area contributed by atoms with E-state index in [9.17, 15) is 9.59 Å². The van der Waals surface area contributed by atoms with Crippen molar-refractivity contribution in [3.8, 4) is 5.75 Å². The molecule has 2 N–H and O–H groups in total. The summed E-state index contributed by atoms with van der Waals surface area (Å²) in [7, 11) is 0. The zero-order valence-electron chi connectivity index (χ0n) is 8.84. The predicted molar refractivity (Wildman–Crippen MR) is 57.2 cm³/mol. The summed E-state index contributed by atoms with van der Waals surface area (Å²) in [6.07, 6.45) is -0.721. The number of benzene rings is 1. The molecule has 0 aromatic heterocycles. The second kappa shape index (κ2) is 5.75. The number of ether oxygens (including phenoxy) is 1. The van der Waals surface area contributed by atoms with Crippen molar-refractivity contribution in [1.29, 1.82) is 0 Å². The second-order valence-corrected chi connectivity index (χ2v) is 3.18. The van der Waals surface area contributed by atoms with Gasteiger partial charge in [-0.3, -0.25) is 9.59 Å². The van der Waals surface area contributed by atoms with Crippen molar-refractivity contribution in [3.63, 3.8) is 0 Å². The molecule has 0 saturated heterocycles. The van der Waals surface area contributed by atoms with Gasteiger partial charge >= 0.3 is 5.97 Å². The standard InChI is InChI=1S/C11H13NO4/c1-8(11(15)12-7-10(13)14)16-9-5-3-2-4-6-9/h2-6,8H,7H2,1H3,(H,12,15)(H,13,14)/t8-/m1/s1. The first-order valence-electron chi connectivity index (χ1n) is 4.81. The quantitative estimate of drug-likeness (QED) is 0.768. The lowest BCUT2D eigenvalue weighted by atomic mass is 10.3. The minimum absolute atomic E-state index is 0.401. The molecule has 0 aliphatic rings. The van der Waals surface area contributed by atoms with Crippen molar-refractivity contribution < 1.29 is 19.4 Å². The molecule has 16 heavy (non-hydrogen) atoms. The highest BCUT2D eigenvalue weighted by molar-refractivity contribution is 5.84. The minimum Gasteiger partial charge on any atom is -0.481 e. The molecule has 1 amide bonds. The van der Waals surface area contributed by atoms with Crippen LogP contribution in [0.4, 0.5) is 0 Å². The number of carbonyl (C=O) groups is 2. The highest BCUT2D eigenvalue weighted by Gasteiger charge is 2.14. The van der Waals surface area contributed by atoms with E-state index in [0.717, 1.165) is 0 Å². The van der Waals surface area contributed by atoms with Gasteiger partial charge in [-0.2, -0.15) is 0 Å². The van der Waals surface area contributed by atoms with Crippen LogP contribution in [0.3, 0.4) is 0 Å². The Balaban J connectivity index is 2.43. The third-order valence-electron chi connectivity index (χ3n) is 1.84. The van der Waals surface area contributed by atoms with Crippen molar-refractivity contribution in [2.45, 2.75) is 13.0 Å². The summed E-state index contributed by atoms with van der Waals surface area (Å²) >= 11 is 0. The van der Waals surface area contributed by atoms with Gasteiger partial charge in [-0.05, 0) is 19.1 Å². The Bertz CT molecular complexity index is 364. The van der Waals surface area contributed by atoms with Gasteiger partial charge in [0.1, 0.15) is 12.3 Å². The Morgan fingerprint density at radius 3 is 2.56 bits per heavy atom. The SMILES string of the molecule is C[C@@H](Oc1ccccc1)C(=O)NCC(=O)O. The number of hydrogen-bond acceptors (Lipinski definition) is 3. The van der Waals surface area contributed by atoms with Gasteiger partial charge in [-0.15, -0.1) is 0 Å².